The summed E-state index contributed by atoms with van der Waals surface area (Å²) in [5.41, 5.74) is 1.91. The number of esters is 1. The minimum absolute atomic E-state index is 0.171. The summed E-state index contributed by atoms with van der Waals surface area (Å²) in [5.74, 6) is -0.171. The fourth-order valence-corrected chi connectivity index (χ4v) is 1.82. The lowest BCUT2D eigenvalue weighted by atomic mass is 10.2. The first-order chi connectivity index (χ1) is 4.63. The zero-order chi connectivity index (χ0) is 8.15. The molecule has 10 heavy (non-hydrogen) atoms. The average Bonchev–Trinajstić information content (AvgIpc) is 1.88. The van der Waals surface area contributed by atoms with Gasteiger partial charge in [-0.05, 0) is 19.9 Å². The molecule has 0 N–H and O–H groups in total. The van der Waals surface area contributed by atoms with Crippen LogP contribution in [0.1, 0.15) is 13.8 Å². The highest BCUT2D eigenvalue weighted by molar-refractivity contribution is 6.14. The first-order valence-electron chi connectivity index (χ1n) is 3.38. The number of ether oxygens (including phenoxy) is 1. The van der Waals surface area contributed by atoms with Gasteiger partial charge in [0.15, 0.2) is 0 Å². The minimum Gasteiger partial charge on any atom is -0.466 e. The van der Waals surface area contributed by atoms with E-state index in [2.05, 4.69) is 4.74 Å². The van der Waals surface area contributed by atoms with Crippen molar-refractivity contribution in [3.63, 3.8) is 0 Å². The van der Waals surface area contributed by atoms with Crippen molar-refractivity contribution in [2.45, 2.75) is 19.9 Å². The SMILES string of the molecule is COC(=O)C(C[SiH3])=C(C)C. The van der Waals surface area contributed by atoms with E-state index < -0.39 is 0 Å². The van der Waals surface area contributed by atoms with Crippen LogP contribution in [0.25, 0.3) is 0 Å². The maximum Gasteiger partial charge on any atom is 0.333 e. The molecule has 2 nitrogen and oxygen atoms in total. The molecule has 0 amide bonds. The Balaban J connectivity index is 4.37. The van der Waals surface area contributed by atoms with Crippen LogP contribution >= 0.6 is 0 Å². The van der Waals surface area contributed by atoms with Crippen molar-refractivity contribution in [1.82, 2.24) is 0 Å². The average molecular weight is 158 g/mol. The van der Waals surface area contributed by atoms with Crippen LogP contribution in [-0.2, 0) is 9.53 Å². The van der Waals surface area contributed by atoms with Crippen LogP contribution in [0.2, 0.25) is 6.04 Å². The van der Waals surface area contributed by atoms with Crippen LogP contribution in [0.15, 0.2) is 11.1 Å². The van der Waals surface area contributed by atoms with Crippen molar-refractivity contribution < 1.29 is 9.53 Å². The topological polar surface area (TPSA) is 26.3 Å². The number of carbonyl (C=O) groups is 1. The van der Waals surface area contributed by atoms with E-state index in [0.29, 0.717) is 0 Å². The molecule has 0 aliphatic carbocycles. The summed E-state index contributed by atoms with van der Waals surface area (Å²) in [4.78, 5) is 10.9. The monoisotopic (exact) mass is 158 g/mol. The molecule has 58 valence electrons. The van der Waals surface area contributed by atoms with Gasteiger partial charge in [-0.3, -0.25) is 0 Å². The Bertz CT molecular complexity index is 157. The highest BCUT2D eigenvalue weighted by Gasteiger charge is 2.07. The van der Waals surface area contributed by atoms with Gasteiger partial charge in [-0.25, -0.2) is 4.79 Å². The van der Waals surface area contributed by atoms with Gasteiger partial charge in [-0.1, -0.05) is 5.57 Å². The number of rotatable bonds is 2. The van der Waals surface area contributed by atoms with Crippen LogP contribution in [0.3, 0.4) is 0 Å². The Kier molecular flexibility index (Phi) is 4.03. The molecule has 0 spiro atoms. The van der Waals surface area contributed by atoms with Crippen LogP contribution in [0, 0.1) is 0 Å². The molecule has 0 saturated heterocycles. The summed E-state index contributed by atoms with van der Waals surface area (Å²) in [7, 11) is 2.43. The van der Waals surface area contributed by atoms with Crippen molar-refractivity contribution in [2.75, 3.05) is 7.11 Å². The third-order valence-corrected chi connectivity index (χ3v) is 2.10. The molecule has 0 bridgehead atoms. The van der Waals surface area contributed by atoms with Crippen LogP contribution in [-0.4, -0.2) is 23.3 Å². The second kappa shape index (κ2) is 4.28. The molecule has 0 saturated carbocycles. The third-order valence-electron chi connectivity index (χ3n) is 1.39. The van der Waals surface area contributed by atoms with Crippen molar-refractivity contribution in [2.24, 2.45) is 0 Å². The fourth-order valence-electron chi connectivity index (χ4n) is 0.825. The predicted molar refractivity (Wildman–Crippen MR) is 45.1 cm³/mol. The molecular formula is C7H14O2Si. The third kappa shape index (κ3) is 2.35. The van der Waals surface area contributed by atoms with Crippen molar-refractivity contribution >= 4 is 16.2 Å². The largest absolute Gasteiger partial charge is 0.466 e. The summed E-state index contributed by atoms with van der Waals surface area (Å²) >= 11 is 0. The quantitative estimate of drug-likeness (QED) is 0.328. The maximum absolute atomic E-state index is 10.9. The van der Waals surface area contributed by atoms with E-state index in [0.717, 1.165) is 27.4 Å². The fraction of sp³-hybridized carbons (Fsp3) is 0.571. The minimum atomic E-state index is -0.171. The smallest absolute Gasteiger partial charge is 0.333 e. The summed E-state index contributed by atoms with van der Waals surface area (Å²) < 4.78 is 4.59. The molecule has 3 heteroatoms. The highest BCUT2D eigenvalue weighted by Crippen LogP contribution is 2.07. The van der Waals surface area contributed by atoms with Gasteiger partial charge >= 0.3 is 5.97 Å². The number of allylic oxidation sites excluding steroid dienone is 1. The van der Waals surface area contributed by atoms with Gasteiger partial charge in [0.1, 0.15) is 0 Å². The van der Waals surface area contributed by atoms with Crippen LogP contribution < -0.4 is 0 Å². The number of hydrogen-bond acceptors (Lipinski definition) is 2. The molecule has 0 heterocycles. The molecular weight excluding hydrogens is 144 g/mol. The van der Waals surface area contributed by atoms with Gasteiger partial charge in [0, 0.05) is 15.8 Å². The van der Waals surface area contributed by atoms with Gasteiger partial charge in [0.2, 0.25) is 0 Å². The van der Waals surface area contributed by atoms with Crippen molar-refractivity contribution in [3.8, 4) is 0 Å². The second-order valence-corrected chi connectivity index (χ2v) is 3.03. The van der Waals surface area contributed by atoms with Crippen LogP contribution in [0.4, 0.5) is 0 Å². The molecule has 0 fully saturated rings. The molecule has 0 rings (SSSR count). The Morgan fingerprint density at radius 2 is 2.00 bits per heavy atom. The Morgan fingerprint density at radius 3 is 2.10 bits per heavy atom. The normalized spacial score (nSPS) is 9.10. The summed E-state index contributed by atoms with van der Waals surface area (Å²) in [6.07, 6.45) is 0. The lowest BCUT2D eigenvalue weighted by Gasteiger charge is -2.02. The van der Waals surface area contributed by atoms with Gasteiger partial charge in [-0.15, -0.1) is 0 Å². The highest BCUT2D eigenvalue weighted by atomic mass is 28.1. The molecule has 0 atom stereocenters. The first-order valence-corrected chi connectivity index (χ1v) is 4.79. The van der Waals surface area contributed by atoms with Gasteiger partial charge in [0.05, 0.1) is 7.11 Å². The molecule has 0 aromatic heterocycles. The van der Waals surface area contributed by atoms with Gasteiger partial charge in [-0.2, -0.15) is 0 Å². The lowest BCUT2D eigenvalue weighted by Crippen LogP contribution is -2.05. The molecule has 0 aliphatic heterocycles. The summed E-state index contributed by atoms with van der Waals surface area (Å²) in [6, 6.07) is 0.884. The lowest BCUT2D eigenvalue weighted by molar-refractivity contribution is -0.136. The second-order valence-electron chi connectivity index (χ2n) is 2.32. The summed E-state index contributed by atoms with van der Waals surface area (Å²) in [6.45, 7) is 3.87. The van der Waals surface area contributed by atoms with E-state index in [4.69, 9.17) is 0 Å². The number of methoxy groups -OCH3 is 1. The van der Waals surface area contributed by atoms with Crippen molar-refractivity contribution in [3.05, 3.63) is 11.1 Å². The Hall–Kier alpha value is -0.573. The molecule has 0 aliphatic rings. The molecule has 0 aromatic carbocycles. The van der Waals surface area contributed by atoms with Crippen LogP contribution in [0.5, 0.6) is 0 Å². The Morgan fingerprint density at radius 1 is 1.50 bits per heavy atom. The van der Waals surface area contributed by atoms with Crippen molar-refractivity contribution in [1.29, 1.82) is 0 Å². The summed E-state index contributed by atoms with van der Waals surface area (Å²) in [5, 5.41) is 0. The Labute approximate surface area is 64.7 Å². The van der Waals surface area contributed by atoms with E-state index in [1.54, 1.807) is 0 Å². The number of carbonyl (C=O) groups excluding carboxylic acids is 1. The molecule has 0 aromatic rings. The first kappa shape index (κ1) is 9.43. The zero-order valence-corrected chi connectivity index (χ0v) is 9.02. The zero-order valence-electron chi connectivity index (χ0n) is 7.02. The molecule has 0 unspecified atom stereocenters. The molecule has 0 radical (unpaired) electrons. The standard InChI is InChI=1S/C7H14O2Si/c1-5(2)6(4-10)7(8)9-3/h4H2,1-3,10H3. The predicted octanol–water partition coefficient (Wildman–Crippen LogP) is 0.279. The maximum atomic E-state index is 10.9. The van der Waals surface area contributed by atoms with E-state index in [-0.39, 0.29) is 5.97 Å². The van der Waals surface area contributed by atoms with E-state index in [1.165, 1.54) is 7.11 Å². The van der Waals surface area contributed by atoms with E-state index in [1.807, 2.05) is 13.8 Å². The van der Waals surface area contributed by atoms with E-state index in [9.17, 15) is 4.79 Å². The van der Waals surface area contributed by atoms with E-state index >= 15 is 0 Å². The van der Waals surface area contributed by atoms with Gasteiger partial charge in [0.25, 0.3) is 0 Å². The van der Waals surface area contributed by atoms with Gasteiger partial charge < -0.3 is 4.74 Å². The number of hydrogen-bond donors (Lipinski definition) is 0.